The molecule has 1 fully saturated rings. The average Bonchev–Trinajstić information content (AvgIpc) is 2.88. The Morgan fingerprint density at radius 2 is 2.11 bits per heavy atom. The fourth-order valence-corrected chi connectivity index (χ4v) is 3.00. The van der Waals surface area contributed by atoms with Crippen LogP contribution < -0.4 is 4.74 Å². The van der Waals surface area contributed by atoms with E-state index >= 15 is 0 Å². The number of carbonyl (C=O) groups is 1. The fraction of sp³-hybridized carbons (Fsp3) is 0.533. The summed E-state index contributed by atoms with van der Waals surface area (Å²) < 4.78 is 6.21. The molecule has 98 valence electrons. The molecule has 1 aromatic carbocycles. The Hall–Kier alpha value is -0.830. The second-order valence-electron chi connectivity index (χ2n) is 4.96. The van der Waals surface area contributed by atoms with Crippen LogP contribution in [0.4, 0.5) is 0 Å². The van der Waals surface area contributed by atoms with E-state index in [4.69, 9.17) is 4.74 Å². The number of Topliss-reactive ketones (excluding diaryl/α,β-unsaturated/α-hetero) is 1. The molecule has 1 aliphatic rings. The summed E-state index contributed by atoms with van der Waals surface area (Å²) in [5, 5.41) is 0. The van der Waals surface area contributed by atoms with Gasteiger partial charge in [-0.25, -0.2) is 0 Å². The standard InChI is InChI=1S/C15H19BrO2/c1-18-15-10-12(16)7-8-13(15)14(17)9-6-11-4-2-3-5-11/h7-8,10-11H,2-6,9H2,1H3. The van der Waals surface area contributed by atoms with Gasteiger partial charge in [-0.2, -0.15) is 0 Å². The molecule has 0 aromatic heterocycles. The van der Waals surface area contributed by atoms with Crippen LogP contribution >= 0.6 is 15.9 Å². The predicted molar refractivity (Wildman–Crippen MR) is 76.2 cm³/mol. The smallest absolute Gasteiger partial charge is 0.166 e. The lowest BCUT2D eigenvalue weighted by atomic mass is 9.97. The van der Waals surface area contributed by atoms with Crippen molar-refractivity contribution in [1.29, 1.82) is 0 Å². The van der Waals surface area contributed by atoms with Crippen molar-refractivity contribution in [2.75, 3.05) is 7.11 Å². The molecule has 0 bridgehead atoms. The van der Waals surface area contributed by atoms with E-state index in [1.54, 1.807) is 7.11 Å². The predicted octanol–water partition coefficient (Wildman–Crippen LogP) is 4.61. The Kier molecular flexibility index (Phi) is 4.81. The van der Waals surface area contributed by atoms with Gasteiger partial charge in [0, 0.05) is 10.9 Å². The Morgan fingerprint density at radius 3 is 2.78 bits per heavy atom. The van der Waals surface area contributed by atoms with Crippen LogP contribution in [0.2, 0.25) is 0 Å². The molecule has 1 saturated carbocycles. The molecule has 0 amide bonds. The number of ether oxygens (including phenoxy) is 1. The van der Waals surface area contributed by atoms with Gasteiger partial charge < -0.3 is 4.74 Å². The monoisotopic (exact) mass is 310 g/mol. The summed E-state index contributed by atoms with van der Waals surface area (Å²) in [6.45, 7) is 0. The first-order valence-corrected chi connectivity index (χ1v) is 7.36. The topological polar surface area (TPSA) is 26.3 Å². The zero-order valence-electron chi connectivity index (χ0n) is 10.7. The maximum Gasteiger partial charge on any atom is 0.166 e. The number of benzene rings is 1. The highest BCUT2D eigenvalue weighted by molar-refractivity contribution is 9.10. The van der Waals surface area contributed by atoms with Gasteiger partial charge in [0.1, 0.15) is 5.75 Å². The minimum Gasteiger partial charge on any atom is -0.496 e. The molecule has 0 unspecified atom stereocenters. The summed E-state index contributed by atoms with van der Waals surface area (Å²) in [7, 11) is 1.61. The molecular formula is C15H19BrO2. The number of ketones is 1. The second-order valence-corrected chi connectivity index (χ2v) is 5.87. The Morgan fingerprint density at radius 1 is 1.39 bits per heavy atom. The van der Waals surface area contributed by atoms with Crippen LogP contribution in [0.5, 0.6) is 5.75 Å². The molecular weight excluding hydrogens is 292 g/mol. The van der Waals surface area contributed by atoms with Gasteiger partial charge in [-0.1, -0.05) is 41.6 Å². The lowest BCUT2D eigenvalue weighted by molar-refractivity contribution is 0.0971. The highest BCUT2D eigenvalue weighted by Crippen LogP contribution is 2.30. The summed E-state index contributed by atoms with van der Waals surface area (Å²) in [4.78, 5) is 12.2. The SMILES string of the molecule is COc1cc(Br)ccc1C(=O)CCC1CCCC1. The van der Waals surface area contributed by atoms with Crippen molar-refractivity contribution in [3.05, 3.63) is 28.2 Å². The van der Waals surface area contributed by atoms with Crippen molar-refractivity contribution in [1.82, 2.24) is 0 Å². The van der Waals surface area contributed by atoms with Crippen molar-refractivity contribution >= 4 is 21.7 Å². The molecule has 18 heavy (non-hydrogen) atoms. The van der Waals surface area contributed by atoms with Gasteiger partial charge in [0.05, 0.1) is 12.7 Å². The molecule has 0 atom stereocenters. The summed E-state index contributed by atoms with van der Waals surface area (Å²) in [5.41, 5.74) is 0.707. The van der Waals surface area contributed by atoms with Crippen molar-refractivity contribution < 1.29 is 9.53 Å². The first kappa shape index (κ1) is 13.6. The summed E-state index contributed by atoms with van der Waals surface area (Å²) >= 11 is 3.39. The molecule has 0 N–H and O–H groups in total. The largest absolute Gasteiger partial charge is 0.496 e. The third-order valence-electron chi connectivity index (χ3n) is 3.72. The molecule has 0 heterocycles. The van der Waals surface area contributed by atoms with Crippen molar-refractivity contribution in [3.8, 4) is 5.75 Å². The van der Waals surface area contributed by atoms with E-state index in [0.717, 1.165) is 16.8 Å². The zero-order chi connectivity index (χ0) is 13.0. The first-order chi connectivity index (χ1) is 8.70. The van der Waals surface area contributed by atoms with Crippen LogP contribution in [-0.4, -0.2) is 12.9 Å². The zero-order valence-corrected chi connectivity index (χ0v) is 12.3. The molecule has 2 nitrogen and oxygen atoms in total. The maximum atomic E-state index is 12.2. The van der Waals surface area contributed by atoms with E-state index in [2.05, 4.69) is 15.9 Å². The molecule has 0 saturated heterocycles. The molecule has 0 spiro atoms. The van der Waals surface area contributed by atoms with Crippen molar-refractivity contribution in [3.63, 3.8) is 0 Å². The van der Waals surface area contributed by atoms with Gasteiger partial charge in [-0.15, -0.1) is 0 Å². The lowest BCUT2D eigenvalue weighted by Gasteiger charge is -2.10. The van der Waals surface area contributed by atoms with E-state index in [1.165, 1.54) is 25.7 Å². The van der Waals surface area contributed by atoms with Gasteiger partial charge >= 0.3 is 0 Å². The van der Waals surface area contributed by atoms with E-state index in [9.17, 15) is 4.79 Å². The van der Waals surface area contributed by atoms with Crippen LogP contribution in [0.15, 0.2) is 22.7 Å². The van der Waals surface area contributed by atoms with Gasteiger partial charge in [0.15, 0.2) is 5.78 Å². The van der Waals surface area contributed by atoms with Gasteiger partial charge in [-0.3, -0.25) is 4.79 Å². The molecule has 1 aromatic rings. The number of halogens is 1. The normalized spacial score (nSPS) is 15.9. The van der Waals surface area contributed by atoms with E-state index in [1.807, 2.05) is 18.2 Å². The van der Waals surface area contributed by atoms with Gasteiger partial charge in [0.2, 0.25) is 0 Å². The summed E-state index contributed by atoms with van der Waals surface area (Å²) in [6, 6.07) is 5.59. The third kappa shape index (κ3) is 3.35. The third-order valence-corrected chi connectivity index (χ3v) is 4.21. The first-order valence-electron chi connectivity index (χ1n) is 6.57. The van der Waals surface area contributed by atoms with E-state index < -0.39 is 0 Å². The molecule has 3 heteroatoms. The number of carbonyl (C=O) groups excluding carboxylic acids is 1. The van der Waals surface area contributed by atoms with Crippen LogP contribution in [0.3, 0.4) is 0 Å². The summed E-state index contributed by atoms with van der Waals surface area (Å²) in [6.07, 6.45) is 6.93. The molecule has 0 radical (unpaired) electrons. The highest BCUT2D eigenvalue weighted by atomic mass is 79.9. The Labute approximate surface area is 117 Å². The maximum absolute atomic E-state index is 12.2. The van der Waals surface area contributed by atoms with Crippen LogP contribution in [0, 0.1) is 5.92 Å². The number of methoxy groups -OCH3 is 1. The Balaban J connectivity index is 1.99. The van der Waals surface area contributed by atoms with E-state index in [0.29, 0.717) is 17.7 Å². The minimum absolute atomic E-state index is 0.200. The average molecular weight is 311 g/mol. The summed E-state index contributed by atoms with van der Waals surface area (Å²) in [5.74, 6) is 1.63. The fourth-order valence-electron chi connectivity index (χ4n) is 2.66. The lowest BCUT2D eigenvalue weighted by Crippen LogP contribution is -2.05. The second kappa shape index (κ2) is 6.37. The highest BCUT2D eigenvalue weighted by Gasteiger charge is 2.18. The quantitative estimate of drug-likeness (QED) is 0.742. The number of hydrogen-bond acceptors (Lipinski definition) is 2. The van der Waals surface area contributed by atoms with Gasteiger partial charge in [-0.05, 0) is 30.5 Å². The number of hydrogen-bond donors (Lipinski definition) is 0. The van der Waals surface area contributed by atoms with Crippen molar-refractivity contribution in [2.45, 2.75) is 38.5 Å². The molecule has 0 aliphatic heterocycles. The van der Waals surface area contributed by atoms with Crippen LogP contribution in [-0.2, 0) is 0 Å². The Bertz CT molecular complexity index is 423. The van der Waals surface area contributed by atoms with Crippen molar-refractivity contribution in [2.24, 2.45) is 5.92 Å². The van der Waals surface area contributed by atoms with Gasteiger partial charge in [0.25, 0.3) is 0 Å². The van der Waals surface area contributed by atoms with Crippen LogP contribution in [0.1, 0.15) is 48.9 Å². The molecule has 1 aliphatic carbocycles. The van der Waals surface area contributed by atoms with E-state index in [-0.39, 0.29) is 5.78 Å². The van der Waals surface area contributed by atoms with Crippen LogP contribution in [0.25, 0.3) is 0 Å². The molecule has 2 rings (SSSR count). The number of rotatable bonds is 5. The minimum atomic E-state index is 0.200.